The predicted octanol–water partition coefficient (Wildman–Crippen LogP) is 5.35. The van der Waals surface area contributed by atoms with E-state index >= 15 is 0 Å². The van der Waals surface area contributed by atoms with Gasteiger partial charge in [0.25, 0.3) is 5.69 Å². The molecule has 2 aromatic heterocycles. The SMILES string of the molecule is CC(C)(C)OC(=O)N(CCCc1ccc([N+](=O)[O-])cc1)CCNS(=O)(=O)c1cc(-c2cccnc2)cc2cnccc12. The first-order chi connectivity index (χ1) is 19.9. The Bertz CT molecular complexity index is 1660. The molecule has 220 valence electrons. The number of hydrogen-bond donors (Lipinski definition) is 1. The fraction of sp³-hybridized carbons (Fsp3) is 0.300. The molecule has 4 aromatic rings. The van der Waals surface area contributed by atoms with Gasteiger partial charge in [-0.25, -0.2) is 17.9 Å². The first-order valence-corrected chi connectivity index (χ1v) is 14.9. The lowest BCUT2D eigenvalue weighted by Gasteiger charge is -2.27. The third-order valence-electron chi connectivity index (χ3n) is 6.37. The van der Waals surface area contributed by atoms with Crippen LogP contribution in [0.5, 0.6) is 0 Å². The van der Waals surface area contributed by atoms with Crippen LogP contribution in [-0.4, -0.2) is 59.5 Å². The van der Waals surface area contributed by atoms with Crippen molar-refractivity contribution in [3.8, 4) is 11.1 Å². The third kappa shape index (κ3) is 8.08. The third-order valence-corrected chi connectivity index (χ3v) is 7.87. The number of nitrogens with one attached hydrogen (secondary N) is 1. The molecule has 0 radical (unpaired) electrons. The fourth-order valence-corrected chi connectivity index (χ4v) is 5.64. The number of benzene rings is 2. The smallest absolute Gasteiger partial charge is 0.410 e. The van der Waals surface area contributed by atoms with Gasteiger partial charge in [0.05, 0.1) is 9.82 Å². The van der Waals surface area contributed by atoms with Gasteiger partial charge in [0, 0.05) is 72.9 Å². The van der Waals surface area contributed by atoms with Crippen molar-refractivity contribution in [1.29, 1.82) is 0 Å². The van der Waals surface area contributed by atoms with Crippen LogP contribution in [0, 0.1) is 10.1 Å². The zero-order valence-electron chi connectivity index (χ0n) is 23.7. The van der Waals surface area contributed by atoms with E-state index in [9.17, 15) is 23.3 Å². The van der Waals surface area contributed by atoms with E-state index in [1.807, 2.05) is 12.1 Å². The van der Waals surface area contributed by atoms with E-state index in [0.29, 0.717) is 35.7 Å². The number of sulfonamides is 1. The van der Waals surface area contributed by atoms with Crippen molar-refractivity contribution in [2.45, 2.75) is 44.1 Å². The van der Waals surface area contributed by atoms with Crippen molar-refractivity contribution in [2.75, 3.05) is 19.6 Å². The summed E-state index contributed by atoms with van der Waals surface area (Å²) in [6.07, 6.45) is 7.04. The normalized spacial score (nSPS) is 11.8. The Labute approximate surface area is 244 Å². The van der Waals surface area contributed by atoms with Crippen LogP contribution in [0.15, 0.2) is 84.3 Å². The molecule has 0 aliphatic heterocycles. The van der Waals surface area contributed by atoms with Gasteiger partial charge in [-0.05, 0) is 69.0 Å². The summed E-state index contributed by atoms with van der Waals surface area (Å²) in [6, 6.07) is 15.0. The highest BCUT2D eigenvalue weighted by Crippen LogP contribution is 2.29. The molecule has 0 saturated carbocycles. The molecule has 0 unspecified atom stereocenters. The zero-order valence-corrected chi connectivity index (χ0v) is 24.5. The number of hydrogen-bond acceptors (Lipinski definition) is 8. The van der Waals surface area contributed by atoms with Crippen molar-refractivity contribution in [3.05, 3.63) is 95.1 Å². The summed E-state index contributed by atoms with van der Waals surface area (Å²) in [7, 11) is -3.98. The molecule has 12 heteroatoms. The van der Waals surface area contributed by atoms with Crippen molar-refractivity contribution in [2.24, 2.45) is 0 Å². The van der Waals surface area contributed by atoms with E-state index in [2.05, 4.69) is 14.7 Å². The van der Waals surface area contributed by atoms with Crippen molar-refractivity contribution in [3.63, 3.8) is 0 Å². The van der Waals surface area contributed by atoms with Crippen LogP contribution >= 0.6 is 0 Å². The Morgan fingerprint density at radius 1 is 1.00 bits per heavy atom. The van der Waals surface area contributed by atoms with Crippen LogP contribution < -0.4 is 4.72 Å². The van der Waals surface area contributed by atoms with Gasteiger partial charge < -0.3 is 9.64 Å². The minimum absolute atomic E-state index is 0.0106. The van der Waals surface area contributed by atoms with E-state index in [1.54, 1.807) is 75.9 Å². The van der Waals surface area contributed by atoms with Gasteiger partial charge in [-0.2, -0.15) is 0 Å². The lowest BCUT2D eigenvalue weighted by molar-refractivity contribution is -0.384. The van der Waals surface area contributed by atoms with E-state index in [-0.39, 0.29) is 23.7 Å². The number of carbonyl (C=O) groups excluding carboxylic acids is 1. The largest absolute Gasteiger partial charge is 0.444 e. The standard InChI is InChI=1S/C30H33N5O6S/c1-30(2,3)41-29(36)34(16-5-6-22-8-10-26(11-9-22)35(37)38)17-15-33-42(39,40)28-19-24(23-7-4-13-31-20-23)18-25-21-32-14-12-27(25)28/h4,7-14,18-21,33H,5-6,15-17H2,1-3H3. The maximum atomic E-state index is 13.6. The Morgan fingerprint density at radius 2 is 1.74 bits per heavy atom. The topological polar surface area (TPSA) is 145 Å². The molecule has 0 fully saturated rings. The number of carbonyl (C=O) groups is 1. The van der Waals surface area contributed by atoms with Crippen LogP contribution in [-0.2, 0) is 21.2 Å². The van der Waals surface area contributed by atoms with Crippen molar-refractivity contribution < 1.29 is 22.9 Å². The van der Waals surface area contributed by atoms with E-state index in [0.717, 1.165) is 11.1 Å². The number of pyridine rings is 2. The number of rotatable bonds is 11. The van der Waals surface area contributed by atoms with Gasteiger partial charge in [-0.3, -0.25) is 20.1 Å². The molecule has 0 aliphatic carbocycles. The number of nitrogens with zero attached hydrogens (tertiary/aromatic N) is 4. The van der Waals surface area contributed by atoms with Gasteiger partial charge in [-0.1, -0.05) is 18.2 Å². The molecule has 4 rings (SSSR count). The molecule has 0 spiro atoms. The molecule has 0 bridgehead atoms. The number of nitro benzene ring substituents is 1. The van der Waals surface area contributed by atoms with Crippen LogP contribution in [0.25, 0.3) is 21.9 Å². The number of amides is 1. The first-order valence-electron chi connectivity index (χ1n) is 13.4. The molecule has 2 heterocycles. The highest BCUT2D eigenvalue weighted by Gasteiger charge is 2.24. The number of non-ortho nitro benzene ring substituents is 1. The summed E-state index contributed by atoms with van der Waals surface area (Å²) in [6.45, 7) is 5.63. The average Bonchev–Trinajstić information content (AvgIpc) is 2.95. The minimum Gasteiger partial charge on any atom is -0.444 e. The summed E-state index contributed by atoms with van der Waals surface area (Å²) in [5, 5.41) is 12.1. The summed E-state index contributed by atoms with van der Waals surface area (Å²) < 4.78 is 35.3. The molecular weight excluding hydrogens is 558 g/mol. The molecule has 0 atom stereocenters. The van der Waals surface area contributed by atoms with Crippen LogP contribution in [0.2, 0.25) is 0 Å². The molecular formula is C30H33N5O6S. The highest BCUT2D eigenvalue weighted by atomic mass is 32.2. The number of aryl methyl sites for hydroxylation is 1. The minimum atomic E-state index is -3.98. The Hall–Kier alpha value is -4.42. The van der Waals surface area contributed by atoms with Gasteiger partial charge >= 0.3 is 6.09 Å². The number of aromatic nitrogens is 2. The second kappa shape index (κ2) is 13.0. The van der Waals surface area contributed by atoms with Gasteiger partial charge in [0.1, 0.15) is 5.60 Å². The quantitative estimate of drug-likeness (QED) is 0.181. The van der Waals surface area contributed by atoms with E-state index < -0.39 is 26.6 Å². The van der Waals surface area contributed by atoms with Crippen LogP contribution in [0.4, 0.5) is 10.5 Å². The fourth-order valence-electron chi connectivity index (χ4n) is 4.37. The predicted molar refractivity (Wildman–Crippen MR) is 159 cm³/mol. The second-order valence-electron chi connectivity index (χ2n) is 10.7. The molecule has 1 amide bonds. The van der Waals surface area contributed by atoms with Crippen LogP contribution in [0.1, 0.15) is 32.8 Å². The summed E-state index contributed by atoms with van der Waals surface area (Å²) in [5.74, 6) is 0. The lowest BCUT2D eigenvalue weighted by Crippen LogP contribution is -2.42. The lowest BCUT2D eigenvalue weighted by atomic mass is 10.0. The summed E-state index contributed by atoms with van der Waals surface area (Å²) >= 11 is 0. The van der Waals surface area contributed by atoms with Crippen molar-refractivity contribution >= 4 is 32.6 Å². The molecule has 0 saturated heterocycles. The van der Waals surface area contributed by atoms with Gasteiger partial charge in [0.2, 0.25) is 10.0 Å². The van der Waals surface area contributed by atoms with Crippen molar-refractivity contribution in [1.82, 2.24) is 19.6 Å². The number of ether oxygens (including phenoxy) is 1. The van der Waals surface area contributed by atoms with E-state index in [4.69, 9.17) is 4.74 Å². The molecule has 11 nitrogen and oxygen atoms in total. The Morgan fingerprint density at radius 3 is 2.40 bits per heavy atom. The first kappa shape index (κ1) is 30.5. The van der Waals surface area contributed by atoms with Crippen LogP contribution in [0.3, 0.4) is 0 Å². The average molecular weight is 592 g/mol. The maximum absolute atomic E-state index is 13.6. The highest BCUT2D eigenvalue weighted by molar-refractivity contribution is 7.89. The Kier molecular flexibility index (Phi) is 9.48. The monoisotopic (exact) mass is 591 g/mol. The molecule has 0 aliphatic rings. The molecule has 42 heavy (non-hydrogen) atoms. The van der Waals surface area contributed by atoms with E-state index in [1.165, 1.54) is 17.0 Å². The van der Waals surface area contributed by atoms with Gasteiger partial charge in [-0.15, -0.1) is 0 Å². The Balaban J connectivity index is 1.48. The van der Waals surface area contributed by atoms with Gasteiger partial charge in [0.15, 0.2) is 0 Å². The zero-order chi connectivity index (χ0) is 30.3. The second-order valence-corrected chi connectivity index (χ2v) is 12.4. The molecule has 2 aromatic carbocycles. The number of nitro groups is 1. The summed E-state index contributed by atoms with van der Waals surface area (Å²) in [4.78, 5) is 33.3. The molecule has 1 N–H and O–H groups in total. The maximum Gasteiger partial charge on any atom is 0.410 e. The summed E-state index contributed by atoms with van der Waals surface area (Å²) in [5.41, 5.74) is 1.62. The number of fused-ring (bicyclic) bond motifs is 1.